The molecule has 2 saturated carbocycles. The number of alkyl halides is 2. The van der Waals surface area contributed by atoms with Crippen LogP contribution in [-0.2, 0) is 17.6 Å². The summed E-state index contributed by atoms with van der Waals surface area (Å²) in [6, 6.07) is 7.41. The van der Waals surface area contributed by atoms with E-state index < -0.39 is 12.3 Å². The van der Waals surface area contributed by atoms with Gasteiger partial charge in [0.15, 0.2) is 11.6 Å². The quantitative estimate of drug-likeness (QED) is 0.299. The first-order valence-corrected chi connectivity index (χ1v) is 12.9. The molecule has 0 N–H and O–H groups in total. The second kappa shape index (κ2) is 10.8. The molecule has 8 nitrogen and oxygen atoms in total. The zero-order chi connectivity index (χ0) is 25.1. The summed E-state index contributed by atoms with van der Waals surface area (Å²) in [5.74, 6) is 1.79. The van der Waals surface area contributed by atoms with Crippen molar-refractivity contribution in [2.45, 2.75) is 77.1 Å². The summed E-state index contributed by atoms with van der Waals surface area (Å²) in [5, 5.41) is 8.00. The predicted molar refractivity (Wildman–Crippen MR) is 128 cm³/mol. The van der Waals surface area contributed by atoms with Gasteiger partial charge in [0.25, 0.3) is 5.89 Å². The molecule has 0 unspecified atom stereocenters. The maximum atomic E-state index is 13.3. The topological polar surface area (TPSA) is 98.1 Å². The van der Waals surface area contributed by atoms with Gasteiger partial charge in [0.05, 0.1) is 0 Å². The first-order valence-electron chi connectivity index (χ1n) is 12.9. The number of anilines is 1. The van der Waals surface area contributed by atoms with Crippen LogP contribution in [0.5, 0.6) is 0 Å². The van der Waals surface area contributed by atoms with Crippen molar-refractivity contribution in [3.05, 3.63) is 41.8 Å². The monoisotopic (exact) mass is 499 g/mol. The first-order chi connectivity index (χ1) is 17.5. The molecule has 0 saturated heterocycles. The molecule has 36 heavy (non-hydrogen) atoms. The fourth-order valence-electron chi connectivity index (χ4n) is 4.58. The summed E-state index contributed by atoms with van der Waals surface area (Å²) in [6.45, 7) is 2.45. The average molecular weight is 500 g/mol. The number of carbonyl (C=O) groups is 1. The summed E-state index contributed by atoms with van der Waals surface area (Å²) in [5.41, 5.74) is 1.43. The molecular weight excluding hydrogens is 468 g/mol. The molecule has 2 aromatic heterocycles. The maximum absolute atomic E-state index is 13.3. The van der Waals surface area contributed by atoms with Crippen LogP contribution in [0.4, 0.5) is 14.5 Å². The Morgan fingerprint density at radius 1 is 1.11 bits per heavy atom. The van der Waals surface area contributed by atoms with Crippen LogP contribution in [0.2, 0.25) is 0 Å². The highest BCUT2D eigenvalue weighted by atomic mass is 19.3. The number of hydrogen-bond donors (Lipinski definition) is 0. The van der Waals surface area contributed by atoms with Crippen molar-refractivity contribution in [1.82, 2.24) is 20.3 Å². The minimum Gasteiger partial charge on any atom is -0.339 e. The third-order valence-electron chi connectivity index (χ3n) is 7.03. The first kappa shape index (κ1) is 24.5. The van der Waals surface area contributed by atoms with E-state index >= 15 is 0 Å². The van der Waals surface area contributed by atoms with Gasteiger partial charge in [-0.25, -0.2) is 8.78 Å². The number of aromatic nitrogens is 4. The molecule has 192 valence electrons. The maximum Gasteiger partial charge on any atom is 0.257 e. The fraction of sp³-hybridized carbons (Fsp3) is 0.577. The Morgan fingerprint density at radius 3 is 2.67 bits per heavy atom. The van der Waals surface area contributed by atoms with E-state index in [1.54, 1.807) is 4.90 Å². The molecule has 10 heteroatoms. The third kappa shape index (κ3) is 5.63. The Labute approximate surface area is 208 Å². The smallest absolute Gasteiger partial charge is 0.257 e. The van der Waals surface area contributed by atoms with Gasteiger partial charge >= 0.3 is 0 Å². The van der Waals surface area contributed by atoms with Crippen molar-refractivity contribution >= 4 is 11.6 Å². The number of aryl methyl sites for hydroxylation is 2. The van der Waals surface area contributed by atoms with Gasteiger partial charge in [-0.3, -0.25) is 4.79 Å². The second-order valence-electron chi connectivity index (χ2n) is 9.80. The van der Waals surface area contributed by atoms with Gasteiger partial charge in [0.1, 0.15) is 0 Å². The summed E-state index contributed by atoms with van der Waals surface area (Å²) in [4.78, 5) is 23.9. The van der Waals surface area contributed by atoms with Gasteiger partial charge in [0.2, 0.25) is 18.2 Å². The molecule has 5 rings (SSSR count). The number of benzene rings is 1. The van der Waals surface area contributed by atoms with E-state index in [0.717, 1.165) is 43.5 Å². The van der Waals surface area contributed by atoms with Crippen LogP contribution >= 0.6 is 0 Å². The van der Waals surface area contributed by atoms with Gasteiger partial charge in [0, 0.05) is 48.4 Å². The lowest BCUT2D eigenvalue weighted by atomic mass is 9.74. The lowest BCUT2D eigenvalue weighted by Crippen LogP contribution is -2.44. The highest BCUT2D eigenvalue weighted by Gasteiger charge is 2.41. The summed E-state index contributed by atoms with van der Waals surface area (Å²) < 4.78 is 36.8. The van der Waals surface area contributed by atoms with E-state index in [1.165, 1.54) is 0 Å². The van der Waals surface area contributed by atoms with Gasteiger partial charge < -0.3 is 13.9 Å². The van der Waals surface area contributed by atoms with Crippen LogP contribution in [0.1, 0.15) is 75.3 Å². The van der Waals surface area contributed by atoms with Crippen molar-refractivity contribution < 1.29 is 22.6 Å². The minimum absolute atomic E-state index is 0.102. The minimum atomic E-state index is -2.37. The molecule has 0 spiro atoms. The van der Waals surface area contributed by atoms with Gasteiger partial charge in [-0.2, -0.15) is 9.97 Å². The van der Waals surface area contributed by atoms with Gasteiger partial charge in [-0.1, -0.05) is 29.7 Å². The summed E-state index contributed by atoms with van der Waals surface area (Å²) in [7, 11) is 0. The lowest BCUT2D eigenvalue weighted by molar-refractivity contribution is -0.129. The van der Waals surface area contributed by atoms with E-state index in [4.69, 9.17) is 9.05 Å². The second-order valence-corrected chi connectivity index (χ2v) is 9.80. The molecule has 2 fully saturated rings. The van der Waals surface area contributed by atoms with Crippen LogP contribution in [-0.4, -0.2) is 39.2 Å². The summed E-state index contributed by atoms with van der Waals surface area (Å²) in [6.07, 6.45) is 4.24. The molecular formula is C26H31F2N5O3. The number of unbranched alkanes of at least 4 members (excludes halogenated alkanes) is 2. The van der Waals surface area contributed by atoms with Crippen LogP contribution in [0.15, 0.2) is 33.3 Å². The molecule has 0 atom stereocenters. The van der Waals surface area contributed by atoms with Crippen LogP contribution in [0, 0.1) is 11.8 Å². The molecule has 2 aliphatic rings. The van der Waals surface area contributed by atoms with E-state index in [1.807, 2.05) is 31.2 Å². The Hall–Kier alpha value is -3.17. The Morgan fingerprint density at radius 2 is 1.94 bits per heavy atom. The van der Waals surface area contributed by atoms with E-state index in [2.05, 4.69) is 20.3 Å². The van der Waals surface area contributed by atoms with Gasteiger partial charge in [-0.05, 0) is 56.7 Å². The predicted octanol–water partition coefficient (Wildman–Crippen LogP) is 5.60. The largest absolute Gasteiger partial charge is 0.339 e. The Kier molecular flexibility index (Phi) is 7.38. The molecule has 1 aromatic carbocycles. The molecule has 2 aliphatic carbocycles. The van der Waals surface area contributed by atoms with E-state index in [-0.39, 0.29) is 24.7 Å². The highest BCUT2D eigenvalue weighted by Crippen LogP contribution is 2.40. The summed E-state index contributed by atoms with van der Waals surface area (Å²) >= 11 is 0. The number of nitrogens with zero attached hydrogens (tertiary/aromatic N) is 5. The highest BCUT2D eigenvalue weighted by molar-refractivity contribution is 5.96. The van der Waals surface area contributed by atoms with Crippen molar-refractivity contribution in [3.63, 3.8) is 0 Å². The van der Waals surface area contributed by atoms with Crippen molar-refractivity contribution in [3.8, 4) is 11.5 Å². The number of halogens is 2. The molecule has 1 amide bonds. The van der Waals surface area contributed by atoms with Crippen LogP contribution < -0.4 is 4.90 Å². The molecule has 0 radical (unpaired) electrons. The van der Waals surface area contributed by atoms with Crippen LogP contribution in [0.25, 0.3) is 11.5 Å². The average Bonchev–Trinajstić information content (AvgIpc) is 3.39. The lowest BCUT2D eigenvalue weighted by Gasteiger charge is -2.37. The molecule has 0 aliphatic heterocycles. The zero-order valence-electron chi connectivity index (χ0n) is 20.4. The SMILES string of the molecule is CCc1noc(-c2cccc(N(CCCCCc3nc(C4CC4)no3)C(=O)C3CC(C(F)F)C3)c2)n1. The number of amides is 1. The van der Waals surface area contributed by atoms with Crippen molar-refractivity contribution in [1.29, 1.82) is 0 Å². The van der Waals surface area contributed by atoms with Gasteiger partial charge in [-0.15, -0.1) is 0 Å². The Bertz CT molecular complexity index is 1170. The van der Waals surface area contributed by atoms with E-state index in [0.29, 0.717) is 48.6 Å². The number of carbonyl (C=O) groups excluding carboxylic acids is 1. The molecule has 3 aromatic rings. The number of hydrogen-bond acceptors (Lipinski definition) is 7. The third-order valence-corrected chi connectivity index (χ3v) is 7.03. The fourth-order valence-corrected chi connectivity index (χ4v) is 4.58. The normalized spacial score (nSPS) is 19.4. The zero-order valence-corrected chi connectivity index (χ0v) is 20.4. The van der Waals surface area contributed by atoms with Crippen molar-refractivity contribution in [2.75, 3.05) is 11.4 Å². The van der Waals surface area contributed by atoms with Crippen molar-refractivity contribution in [2.24, 2.45) is 11.8 Å². The van der Waals surface area contributed by atoms with E-state index in [9.17, 15) is 13.6 Å². The van der Waals surface area contributed by atoms with Crippen LogP contribution in [0.3, 0.4) is 0 Å². The molecule has 0 bridgehead atoms. The standard InChI is InChI=1S/C26H31F2N5O3/c1-2-21-29-25(36-31-21)17-7-6-8-20(15-17)33(26(34)19-13-18(14-19)23(27)28)12-5-3-4-9-22-30-24(32-35-22)16-10-11-16/h6-8,15-16,18-19,23H,2-5,9-14H2,1H3. The molecule has 2 heterocycles. The Balaban J connectivity index is 1.22. The number of rotatable bonds is 12.